The molecule has 0 bridgehead atoms. The van der Waals surface area contributed by atoms with Gasteiger partial charge in [0.2, 0.25) is 0 Å². The Balaban J connectivity index is 1.21. The van der Waals surface area contributed by atoms with E-state index < -0.39 is 0 Å². The van der Waals surface area contributed by atoms with Crippen LogP contribution in [0.15, 0.2) is 170 Å². The highest BCUT2D eigenvalue weighted by atomic mass is 15.3. The first-order valence-corrected chi connectivity index (χ1v) is 19.4. The van der Waals surface area contributed by atoms with Crippen LogP contribution in [0.3, 0.4) is 0 Å². The number of hydrogen-bond donors (Lipinski definition) is 0. The number of benzene rings is 6. The summed E-state index contributed by atoms with van der Waals surface area (Å²) in [7, 11) is 0. The lowest BCUT2D eigenvalue weighted by molar-refractivity contribution is 0.588. The van der Waals surface area contributed by atoms with E-state index in [1.807, 2.05) is 12.4 Å². The van der Waals surface area contributed by atoms with Gasteiger partial charge in [0.1, 0.15) is 5.82 Å². The molecule has 0 N–H and O–H groups in total. The summed E-state index contributed by atoms with van der Waals surface area (Å²) in [5.74, 6) is 0.921. The van der Waals surface area contributed by atoms with E-state index in [-0.39, 0.29) is 10.8 Å². The van der Waals surface area contributed by atoms with E-state index in [9.17, 15) is 0 Å². The first kappa shape index (κ1) is 33.8. The van der Waals surface area contributed by atoms with Crippen LogP contribution in [-0.4, -0.2) is 19.3 Å². The van der Waals surface area contributed by atoms with Crippen LogP contribution in [0.25, 0.3) is 55.7 Å². The lowest BCUT2D eigenvalue weighted by atomic mass is 9.73. The SMILES string of the molecule is CC(C)(C)c1ccnc(-n2c3ccccc3c3ccc(N4c5ccccc5C(C)(C)c5ccc(-n6ncc(-c7ccccc7)c6-c6ccccc6)cc54)cc32)c1. The average Bonchev–Trinajstić information content (AvgIpc) is 3.81. The molecule has 0 saturated heterocycles. The third kappa shape index (κ3) is 5.30. The smallest absolute Gasteiger partial charge is 0.137 e. The maximum absolute atomic E-state index is 5.09. The van der Waals surface area contributed by atoms with E-state index in [1.54, 1.807) is 0 Å². The number of pyridine rings is 1. The largest absolute Gasteiger partial charge is 0.310 e. The molecule has 0 radical (unpaired) electrons. The quantitative estimate of drug-likeness (QED) is 0.177. The Bertz CT molecular complexity index is 2930. The molecule has 3 aromatic heterocycles. The first-order chi connectivity index (χ1) is 27.2. The Kier molecular flexibility index (Phi) is 7.65. The Morgan fingerprint density at radius 1 is 0.554 bits per heavy atom. The van der Waals surface area contributed by atoms with E-state index in [0.717, 1.165) is 56.3 Å². The van der Waals surface area contributed by atoms with Gasteiger partial charge in [0.05, 0.1) is 40.0 Å². The monoisotopic (exact) mass is 725 g/mol. The van der Waals surface area contributed by atoms with E-state index in [1.165, 1.54) is 33.2 Å². The lowest BCUT2D eigenvalue weighted by Gasteiger charge is -2.42. The Morgan fingerprint density at radius 3 is 2.00 bits per heavy atom. The molecule has 5 heteroatoms. The summed E-state index contributed by atoms with van der Waals surface area (Å²) in [6, 6.07) is 56.9. The zero-order chi connectivity index (χ0) is 38.2. The summed E-state index contributed by atoms with van der Waals surface area (Å²) in [6.07, 6.45) is 3.95. The second-order valence-corrected chi connectivity index (χ2v) is 16.4. The number of fused-ring (bicyclic) bond motifs is 5. The van der Waals surface area contributed by atoms with E-state index >= 15 is 0 Å². The van der Waals surface area contributed by atoms with Crippen LogP contribution in [0, 0.1) is 0 Å². The molecule has 5 nitrogen and oxygen atoms in total. The summed E-state index contributed by atoms with van der Waals surface area (Å²) in [4.78, 5) is 7.42. The molecule has 9 aromatic rings. The van der Waals surface area contributed by atoms with Crippen molar-refractivity contribution < 1.29 is 0 Å². The summed E-state index contributed by atoms with van der Waals surface area (Å²) < 4.78 is 4.44. The van der Waals surface area contributed by atoms with Crippen LogP contribution in [0.1, 0.15) is 51.3 Å². The number of hydrogen-bond acceptors (Lipinski definition) is 3. The predicted octanol–water partition coefficient (Wildman–Crippen LogP) is 13.1. The molecule has 0 atom stereocenters. The number of para-hydroxylation sites is 2. The standard InChI is InChI=1S/C51H43N5/c1-50(2,3)36-28-29-52-48(30-36)55-44-22-14-12-20-39(44)40-26-24-37(31-46(40)55)54-45-23-15-13-21-42(45)51(4,5)43-27-25-38(32-47(43)54)56-49(35-18-10-7-11-19-35)41(33-53-56)34-16-8-6-9-17-34/h6-33H,1-5H3. The number of aromatic nitrogens is 4. The van der Waals surface area contributed by atoms with Crippen molar-refractivity contribution in [3.8, 4) is 33.9 Å². The van der Waals surface area contributed by atoms with Gasteiger partial charge in [0, 0.05) is 39.2 Å². The normalized spacial score (nSPS) is 13.6. The molecular weight excluding hydrogens is 683 g/mol. The van der Waals surface area contributed by atoms with Gasteiger partial charge in [-0.1, -0.05) is 144 Å². The van der Waals surface area contributed by atoms with Gasteiger partial charge in [-0.15, -0.1) is 0 Å². The molecule has 6 aromatic carbocycles. The highest BCUT2D eigenvalue weighted by Crippen LogP contribution is 2.53. The predicted molar refractivity (Wildman–Crippen MR) is 232 cm³/mol. The zero-order valence-corrected chi connectivity index (χ0v) is 32.4. The number of nitrogens with zero attached hydrogens (tertiary/aromatic N) is 5. The van der Waals surface area contributed by atoms with Crippen LogP contribution in [-0.2, 0) is 10.8 Å². The fraction of sp³-hybridized carbons (Fsp3) is 0.137. The second kappa shape index (κ2) is 12.7. The van der Waals surface area contributed by atoms with Crippen molar-refractivity contribution in [2.75, 3.05) is 4.90 Å². The van der Waals surface area contributed by atoms with Gasteiger partial charge >= 0.3 is 0 Å². The van der Waals surface area contributed by atoms with Crippen molar-refractivity contribution in [1.82, 2.24) is 19.3 Å². The molecule has 0 saturated carbocycles. The molecular formula is C51H43N5. The summed E-state index contributed by atoms with van der Waals surface area (Å²) in [5, 5.41) is 7.50. The van der Waals surface area contributed by atoms with Crippen LogP contribution in [0.4, 0.5) is 17.1 Å². The number of anilines is 3. The third-order valence-corrected chi connectivity index (χ3v) is 11.6. The summed E-state index contributed by atoms with van der Waals surface area (Å²) in [6.45, 7) is 11.4. The van der Waals surface area contributed by atoms with Crippen LogP contribution in [0.2, 0.25) is 0 Å². The fourth-order valence-electron chi connectivity index (χ4n) is 8.71. The van der Waals surface area contributed by atoms with E-state index in [2.05, 4.69) is 206 Å². The lowest BCUT2D eigenvalue weighted by Crippen LogP contribution is -2.30. The topological polar surface area (TPSA) is 38.9 Å². The number of rotatable bonds is 5. The molecule has 10 rings (SSSR count). The molecule has 1 aliphatic heterocycles. The highest BCUT2D eigenvalue weighted by molar-refractivity contribution is 6.10. The van der Waals surface area contributed by atoms with Crippen molar-refractivity contribution in [3.05, 3.63) is 187 Å². The molecule has 1 aliphatic rings. The Morgan fingerprint density at radius 2 is 1.21 bits per heavy atom. The molecule has 272 valence electrons. The maximum atomic E-state index is 5.09. The molecule has 0 spiro atoms. The van der Waals surface area contributed by atoms with Gasteiger partial charge in [-0.2, -0.15) is 5.10 Å². The molecule has 0 amide bonds. The van der Waals surface area contributed by atoms with Gasteiger partial charge in [-0.25, -0.2) is 9.67 Å². The second-order valence-electron chi connectivity index (χ2n) is 16.4. The van der Waals surface area contributed by atoms with Crippen molar-refractivity contribution in [2.24, 2.45) is 0 Å². The molecule has 0 unspecified atom stereocenters. The minimum atomic E-state index is -0.237. The summed E-state index contributed by atoms with van der Waals surface area (Å²) >= 11 is 0. The Hall–Kier alpha value is -6.72. The van der Waals surface area contributed by atoms with E-state index in [4.69, 9.17) is 10.1 Å². The van der Waals surface area contributed by atoms with Crippen LogP contribution >= 0.6 is 0 Å². The van der Waals surface area contributed by atoms with Crippen molar-refractivity contribution in [2.45, 2.75) is 45.4 Å². The Labute approximate surface area is 328 Å². The minimum absolute atomic E-state index is 0.00977. The summed E-state index contributed by atoms with van der Waals surface area (Å²) in [5.41, 5.74) is 14.6. The molecule has 56 heavy (non-hydrogen) atoms. The first-order valence-electron chi connectivity index (χ1n) is 19.4. The van der Waals surface area contributed by atoms with Crippen LogP contribution in [0.5, 0.6) is 0 Å². The van der Waals surface area contributed by atoms with Gasteiger partial charge in [-0.05, 0) is 76.2 Å². The van der Waals surface area contributed by atoms with Crippen molar-refractivity contribution in [1.29, 1.82) is 0 Å². The molecule has 0 fully saturated rings. The van der Waals surface area contributed by atoms with Gasteiger partial charge in [-0.3, -0.25) is 4.57 Å². The minimum Gasteiger partial charge on any atom is -0.310 e. The van der Waals surface area contributed by atoms with Crippen LogP contribution < -0.4 is 4.90 Å². The zero-order valence-electron chi connectivity index (χ0n) is 32.4. The van der Waals surface area contributed by atoms with Gasteiger partial charge in [0.15, 0.2) is 0 Å². The average molecular weight is 726 g/mol. The maximum Gasteiger partial charge on any atom is 0.137 e. The van der Waals surface area contributed by atoms with E-state index in [0.29, 0.717) is 0 Å². The highest BCUT2D eigenvalue weighted by Gasteiger charge is 2.37. The van der Waals surface area contributed by atoms with Crippen molar-refractivity contribution in [3.63, 3.8) is 0 Å². The van der Waals surface area contributed by atoms with Crippen molar-refractivity contribution >= 4 is 38.9 Å². The van der Waals surface area contributed by atoms with Gasteiger partial charge < -0.3 is 4.90 Å². The third-order valence-electron chi connectivity index (χ3n) is 11.6. The fourth-order valence-corrected chi connectivity index (χ4v) is 8.71. The van der Waals surface area contributed by atoms with Gasteiger partial charge in [0.25, 0.3) is 0 Å². The molecule has 4 heterocycles. The molecule has 0 aliphatic carbocycles.